The summed E-state index contributed by atoms with van der Waals surface area (Å²) < 4.78 is 5.54. The number of nitrogens with one attached hydrogen (secondary N) is 1. The molecule has 4 heteroatoms. The van der Waals surface area contributed by atoms with Gasteiger partial charge in [0.15, 0.2) is 0 Å². The Balaban J connectivity index is 1.95. The van der Waals surface area contributed by atoms with E-state index in [2.05, 4.69) is 10.3 Å². The van der Waals surface area contributed by atoms with Crippen LogP contribution in [0.2, 0.25) is 0 Å². The van der Waals surface area contributed by atoms with Crippen LogP contribution in [0.4, 0.5) is 0 Å². The largest absolute Gasteiger partial charge is 0.437 e. The van der Waals surface area contributed by atoms with E-state index < -0.39 is 0 Å². The lowest BCUT2D eigenvalue weighted by Crippen LogP contribution is -2.31. The zero-order valence-corrected chi connectivity index (χ0v) is 9.49. The second kappa shape index (κ2) is 4.36. The molecule has 0 spiro atoms. The zero-order chi connectivity index (χ0) is 9.97. The first-order valence-corrected chi connectivity index (χ1v) is 5.95. The van der Waals surface area contributed by atoms with Gasteiger partial charge in [-0.15, -0.1) is 0 Å². The fourth-order valence-electron chi connectivity index (χ4n) is 1.56. The van der Waals surface area contributed by atoms with E-state index in [0.717, 1.165) is 29.8 Å². The summed E-state index contributed by atoms with van der Waals surface area (Å²) in [4.78, 5) is 4.37. The maximum absolute atomic E-state index is 5.54. The second-order valence-corrected chi connectivity index (χ2v) is 4.96. The third-order valence-electron chi connectivity index (χ3n) is 2.53. The molecule has 1 saturated heterocycles. The van der Waals surface area contributed by atoms with Gasteiger partial charge in [0.1, 0.15) is 5.76 Å². The topological polar surface area (TPSA) is 38.1 Å². The lowest BCUT2D eigenvalue weighted by Gasteiger charge is -2.20. The Hall–Kier alpha value is -0.480. The number of rotatable bonds is 2. The fraction of sp³-hybridized carbons (Fsp3) is 0.700. The van der Waals surface area contributed by atoms with Gasteiger partial charge in [-0.2, -0.15) is 0 Å². The van der Waals surface area contributed by atoms with Gasteiger partial charge in [0, 0.05) is 11.8 Å². The van der Waals surface area contributed by atoms with Crippen LogP contribution in [0.15, 0.2) is 9.64 Å². The molecule has 2 heterocycles. The second-order valence-electron chi connectivity index (χ2n) is 3.71. The molecule has 1 aliphatic rings. The van der Waals surface area contributed by atoms with E-state index in [9.17, 15) is 0 Å². The molecule has 3 nitrogen and oxygen atoms in total. The van der Waals surface area contributed by atoms with Gasteiger partial charge in [-0.05, 0) is 33.2 Å². The molecule has 1 unspecified atom stereocenters. The van der Waals surface area contributed by atoms with Crippen molar-refractivity contribution >= 4 is 11.8 Å². The van der Waals surface area contributed by atoms with Crippen molar-refractivity contribution in [1.29, 1.82) is 0 Å². The first-order valence-electron chi connectivity index (χ1n) is 5.07. The van der Waals surface area contributed by atoms with Gasteiger partial charge in [-0.1, -0.05) is 11.8 Å². The van der Waals surface area contributed by atoms with Crippen molar-refractivity contribution in [2.75, 3.05) is 13.1 Å². The van der Waals surface area contributed by atoms with E-state index in [0.29, 0.717) is 5.25 Å². The van der Waals surface area contributed by atoms with Crippen molar-refractivity contribution in [3.63, 3.8) is 0 Å². The van der Waals surface area contributed by atoms with Gasteiger partial charge in [0.25, 0.3) is 5.22 Å². The Morgan fingerprint density at radius 3 is 2.93 bits per heavy atom. The summed E-state index contributed by atoms with van der Waals surface area (Å²) in [6, 6.07) is 0. The Bertz CT molecular complexity index is 286. The zero-order valence-electron chi connectivity index (χ0n) is 8.67. The van der Waals surface area contributed by atoms with Gasteiger partial charge in [0.05, 0.1) is 5.69 Å². The van der Waals surface area contributed by atoms with E-state index in [-0.39, 0.29) is 0 Å². The van der Waals surface area contributed by atoms with Gasteiger partial charge >= 0.3 is 0 Å². The van der Waals surface area contributed by atoms with Crippen LogP contribution >= 0.6 is 11.8 Å². The monoisotopic (exact) mass is 212 g/mol. The lowest BCUT2D eigenvalue weighted by atomic mass is 10.2. The number of oxazole rings is 1. The Kier molecular flexibility index (Phi) is 3.13. The fourth-order valence-corrected chi connectivity index (χ4v) is 2.69. The molecule has 0 radical (unpaired) electrons. The number of piperidine rings is 1. The molecule has 1 aromatic rings. The quantitative estimate of drug-likeness (QED) is 0.815. The summed E-state index contributed by atoms with van der Waals surface area (Å²) in [5.41, 5.74) is 1.01. The molecule has 1 aromatic heterocycles. The van der Waals surface area contributed by atoms with Crippen LogP contribution in [0, 0.1) is 13.8 Å². The highest BCUT2D eigenvalue weighted by Gasteiger charge is 2.17. The molecule has 0 aromatic carbocycles. The average Bonchev–Trinajstić information content (AvgIpc) is 2.47. The van der Waals surface area contributed by atoms with Crippen molar-refractivity contribution in [2.45, 2.75) is 37.2 Å². The highest BCUT2D eigenvalue weighted by molar-refractivity contribution is 7.99. The van der Waals surface area contributed by atoms with Crippen LogP contribution in [0.3, 0.4) is 0 Å². The molecule has 78 valence electrons. The number of aromatic nitrogens is 1. The molecule has 1 aliphatic heterocycles. The van der Waals surface area contributed by atoms with E-state index in [1.165, 1.54) is 12.8 Å². The summed E-state index contributed by atoms with van der Waals surface area (Å²) in [6.07, 6.45) is 2.52. The van der Waals surface area contributed by atoms with Crippen molar-refractivity contribution in [1.82, 2.24) is 10.3 Å². The van der Waals surface area contributed by atoms with Crippen LogP contribution in [0.5, 0.6) is 0 Å². The van der Waals surface area contributed by atoms with Crippen molar-refractivity contribution in [3.8, 4) is 0 Å². The number of nitrogens with zero attached hydrogens (tertiary/aromatic N) is 1. The average molecular weight is 212 g/mol. The summed E-state index contributed by atoms with van der Waals surface area (Å²) >= 11 is 1.76. The van der Waals surface area contributed by atoms with Crippen LogP contribution in [-0.4, -0.2) is 23.3 Å². The maximum Gasteiger partial charge on any atom is 0.256 e. The molecule has 0 bridgehead atoms. The highest BCUT2D eigenvalue weighted by Crippen LogP contribution is 2.27. The van der Waals surface area contributed by atoms with E-state index in [4.69, 9.17) is 4.42 Å². The SMILES string of the molecule is Cc1nc(SC2CCCNC2)oc1C. The molecule has 0 saturated carbocycles. The third-order valence-corrected chi connectivity index (χ3v) is 3.64. The van der Waals surface area contributed by atoms with Crippen molar-refractivity contribution in [2.24, 2.45) is 0 Å². The van der Waals surface area contributed by atoms with Crippen LogP contribution < -0.4 is 5.32 Å². The Labute approximate surface area is 88.7 Å². The van der Waals surface area contributed by atoms with Crippen LogP contribution in [-0.2, 0) is 0 Å². The summed E-state index contributed by atoms with van der Waals surface area (Å²) in [6.45, 7) is 6.18. The summed E-state index contributed by atoms with van der Waals surface area (Å²) in [5, 5.41) is 4.84. The molecule has 1 atom stereocenters. The minimum absolute atomic E-state index is 0.626. The van der Waals surface area contributed by atoms with Gasteiger partial charge in [0.2, 0.25) is 0 Å². The lowest BCUT2D eigenvalue weighted by molar-refractivity contribution is 0.427. The first-order chi connectivity index (χ1) is 6.75. The summed E-state index contributed by atoms with van der Waals surface area (Å²) in [5.74, 6) is 0.941. The molecular formula is C10H16N2OS. The van der Waals surface area contributed by atoms with E-state index in [1.54, 1.807) is 11.8 Å². The molecule has 0 amide bonds. The predicted molar refractivity (Wildman–Crippen MR) is 57.7 cm³/mol. The Morgan fingerprint density at radius 2 is 2.36 bits per heavy atom. The molecule has 14 heavy (non-hydrogen) atoms. The van der Waals surface area contributed by atoms with Gasteiger partial charge in [-0.25, -0.2) is 4.98 Å². The molecule has 1 N–H and O–H groups in total. The molecule has 0 aliphatic carbocycles. The maximum atomic E-state index is 5.54. The number of hydrogen-bond donors (Lipinski definition) is 1. The van der Waals surface area contributed by atoms with Crippen LogP contribution in [0.1, 0.15) is 24.3 Å². The number of hydrogen-bond acceptors (Lipinski definition) is 4. The standard InChI is InChI=1S/C10H16N2OS/c1-7-8(2)13-10(12-7)14-9-4-3-5-11-6-9/h9,11H,3-6H2,1-2H3. The smallest absolute Gasteiger partial charge is 0.256 e. The predicted octanol–water partition coefficient (Wildman–Crippen LogP) is 2.14. The minimum Gasteiger partial charge on any atom is -0.437 e. The normalized spacial score (nSPS) is 22.6. The molecular weight excluding hydrogens is 196 g/mol. The van der Waals surface area contributed by atoms with Crippen molar-refractivity contribution < 1.29 is 4.42 Å². The van der Waals surface area contributed by atoms with Crippen molar-refractivity contribution in [3.05, 3.63) is 11.5 Å². The van der Waals surface area contributed by atoms with E-state index in [1.807, 2.05) is 13.8 Å². The van der Waals surface area contributed by atoms with Crippen LogP contribution in [0.25, 0.3) is 0 Å². The number of aryl methyl sites for hydroxylation is 2. The summed E-state index contributed by atoms with van der Waals surface area (Å²) in [7, 11) is 0. The Morgan fingerprint density at radius 1 is 1.50 bits per heavy atom. The minimum atomic E-state index is 0.626. The number of thioether (sulfide) groups is 1. The van der Waals surface area contributed by atoms with Gasteiger partial charge in [-0.3, -0.25) is 0 Å². The highest BCUT2D eigenvalue weighted by atomic mass is 32.2. The molecule has 1 fully saturated rings. The molecule has 2 rings (SSSR count). The first kappa shape index (κ1) is 10.1. The third kappa shape index (κ3) is 2.30. The van der Waals surface area contributed by atoms with E-state index >= 15 is 0 Å². The van der Waals surface area contributed by atoms with Gasteiger partial charge < -0.3 is 9.73 Å².